The SMILES string of the molecule is Cc1cccc(C)c1NC(=O)CCn1cc(Cl)c(C)n1. The summed E-state index contributed by atoms with van der Waals surface area (Å²) in [5, 5.41) is 7.81. The second kappa shape index (κ2) is 6.09. The second-order valence-corrected chi connectivity index (χ2v) is 5.30. The first-order chi connectivity index (χ1) is 9.47. The highest BCUT2D eigenvalue weighted by molar-refractivity contribution is 6.31. The number of para-hydroxylation sites is 1. The molecular formula is C15H18ClN3O. The maximum atomic E-state index is 12.0. The van der Waals surface area contributed by atoms with Crippen LogP contribution >= 0.6 is 11.6 Å². The fourth-order valence-corrected chi connectivity index (χ4v) is 2.19. The normalized spacial score (nSPS) is 10.6. The number of halogens is 1. The quantitative estimate of drug-likeness (QED) is 0.937. The number of carbonyl (C=O) groups excluding carboxylic acids is 1. The summed E-state index contributed by atoms with van der Waals surface area (Å²) in [5.74, 6) is -0.0216. The Balaban J connectivity index is 1.96. The predicted molar refractivity (Wildman–Crippen MR) is 81.1 cm³/mol. The Morgan fingerprint density at radius 2 is 1.95 bits per heavy atom. The Labute approximate surface area is 123 Å². The first-order valence-electron chi connectivity index (χ1n) is 6.53. The monoisotopic (exact) mass is 291 g/mol. The zero-order valence-electron chi connectivity index (χ0n) is 11.9. The largest absolute Gasteiger partial charge is 0.326 e. The average Bonchev–Trinajstić information content (AvgIpc) is 2.71. The number of benzene rings is 1. The molecule has 2 rings (SSSR count). The molecule has 4 nitrogen and oxygen atoms in total. The summed E-state index contributed by atoms with van der Waals surface area (Å²) in [4.78, 5) is 12.0. The Bertz CT molecular complexity index is 594. The van der Waals surface area contributed by atoms with E-state index in [1.54, 1.807) is 10.9 Å². The van der Waals surface area contributed by atoms with E-state index < -0.39 is 0 Å². The summed E-state index contributed by atoms with van der Waals surface area (Å²) < 4.78 is 1.70. The van der Waals surface area contributed by atoms with Gasteiger partial charge in [-0.3, -0.25) is 9.48 Å². The van der Waals surface area contributed by atoms with Gasteiger partial charge in [-0.2, -0.15) is 5.10 Å². The van der Waals surface area contributed by atoms with Crippen LogP contribution in [0.2, 0.25) is 5.02 Å². The highest BCUT2D eigenvalue weighted by atomic mass is 35.5. The molecule has 0 spiro atoms. The number of nitrogens with one attached hydrogen (secondary N) is 1. The maximum Gasteiger partial charge on any atom is 0.226 e. The summed E-state index contributed by atoms with van der Waals surface area (Å²) in [6, 6.07) is 5.95. The summed E-state index contributed by atoms with van der Waals surface area (Å²) in [6.07, 6.45) is 2.11. The highest BCUT2D eigenvalue weighted by Crippen LogP contribution is 2.19. The van der Waals surface area contributed by atoms with Crippen molar-refractivity contribution in [2.75, 3.05) is 5.32 Å². The number of hydrogen-bond acceptors (Lipinski definition) is 2. The standard InChI is InChI=1S/C15H18ClN3O/c1-10-5-4-6-11(2)15(10)17-14(20)7-8-19-9-13(16)12(3)18-19/h4-6,9H,7-8H2,1-3H3,(H,17,20). The van der Waals surface area contributed by atoms with Gasteiger partial charge in [0.2, 0.25) is 5.91 Å². The van der Waals surface area contributed by atoms with Crippen LogP contribution in [0.3, 0.4) is 0 Å². The van der Waals surface area contributed by atoms with Crippen LogP contribution in [0.5, 0.6) is 0 Å². The van der Waals surface area contributed by atoms with Crippen molar-refractivity contribution >= 4 is 23.2 Å². The molecule has 1 N–H and O–H groups in total. The van der Waals surface area contributed by atoms with Crippen LogP contribution in [0.1, 0.15) is 23.2 Å². The van der Waals surface area contributed by atoms with Gasteiger partial charge in [0, 0.05) is 24.8 Å². The highest BCUT2D eigenvalue weighted by Gasteiger charge is 2.08. The number of anilines is 1. The van der Waals surface area contributed by atoms with E-state index in [2.05, 4.69) is 10.4 Å². The van der Waals surface area contributed by atoms with E-state index in [0.29, 0.717) is 18.0 Å². The molecule has 0 atom stereocenters. The minimum atomic E-state index is -0.0216. The molecule has 1 amide bonds. The van der Waals surface area contributed by atoms with Gasteiger partial charge in [-0.05, 0) is 31.9 Å². The number of carbonyl (C=O) groups is 1. The number of aromatic nitrogens is 2. The van der Waals surface area contributed by atoms with Crippen LogP contribution in [0, 0.1) is 20.8 Å². The Morgan fingerprint density at radius 3 is 2.50 bits per heavy atom. The van der Waals surface area contributed by atoms with Gasteiger partial charge in [0.05, 0.1) is 10.7 Å². The number of hydrogen-bond donors (Lipinski definition) is 1. The first-order valence-corrected chi connectivity index (χ1v) is 6.91. The Morgan fingerprint density at radius 1 is 1.30 bits per heavy atom. The predicted octanol–water partition coefficient (Wildman–Crippen LogP) is 3.49. The molecule has 1 heterocycles. The van der Waals surface area contributed by atoms with Crippen LogP contribution in [0.25, 0.3) is 0 Å². The molecule has 2 aromatic rings. The number of aryl methyl sites for hydroxylation is 4. The van der Waals surface area contributed by atoms with Crippen molar-refractivity contribution in [3.8, 4) is 0 Å². The fourth-order valence-electron chi connectivity index (χ4n) is 2.04. The fraction of sp³-hybridized carbons (Fsp3) is 0.333. The molecule has 0 saturated carbocycles. The maximum absolute atomic E-state index is 12.0. The van der Waals surface area contributed by atoms with E-state index in [0.717, 1.165) is 22.5 Å². The third kappa shape index (κ3) is 3.39. The van der Waals surface area contributed by atoms with Crippen molar-refractivity contribution in [2.45, 2.75) is 33.7 Å². The summed E-state index contributed by atoms with van der Waals surface area (Å²) >= 11 is 5.93. The van der Waals surface area contributed by atoms with Gasteiger partial charge in [0.1, 0.15) is 0 Å². The van der Waals surface area contributed by atoms with E-state index >= 15 is 0 Å². The molecule has 0 aliphatic rings. The smallest absolute Gasteiger partial charge is 0.226 e. The van der Waals surface area contributed by atoms with Gasteiger partial charge in [0.25, 0.3) is 0 Å². The van der Waals surface area contributed by atoms with E-state index in [-0.39, 0.29) is 5.91 Å². The third-order valence-electron chi connectivity index (χ3n) is 3.20. The van der Waals surface area contributed by atoms with Crippen molar-refractivity contribution in [1.29, 1.82) is 0 Å². The van der Waals surface area contributed by atoms with Gasteiger partial charge in [-0.25, -0.2) is 0 Å². The topological polar surface area (TPSA) is 46.9 Å². The molecule has 0 aliphatic carbocycles. The van der Waals surface area contributed by atoms with Crippen molar-refractivity contribution in [3.63, 3.8) is 0 Å². The van der Waals surface area contributed by atoms with Gasteiger partial charge >= 0.3 is 0 Å². The Kier molecular flexibility index (Phi) is 4.45. The lowest BCUT2D eigenvalue weighted by Crippen LogP contribution is -2.16. The van der Waals surface area contributed by atoms with Crippen LogP contribution in [-0.2, 0) is 11.3 Å². The van der Waals surface area contributed by atoms with Crippen molar-refractivity contribution in [2.24, 2.45) is 0 Å². The molecule has 5 heteroatoms. The Hall–Kier alpha value is -1.81. The minimum absolute atomic E-state index is 0.0216. The van der Waals surface area contributed by atoms with Crippen molar-refractivity contribution < 1.29 is 4.79 Å². The molecule has 0 saturated heterocycles. The van der Waals surface area contributed by atoms with Gasteiger partial charge in [-0.1, -0.05) is 29.8 Å². The summed E-state index contributed by atoms with van der Waals surface area (Å²) in [7, 11) is 0. The molecule has 0 unspecified atom stereocenters. The molecule has 0 aliphatic heterocycles. The van der Waals surface area contributed by atoms with Crippen LogP contribution in [0.4, 0.5) is 5.69 Å². The second-order valence-electron chi connectivity index (χ2n) is 4.89. The van der Waals surface area contributed by atoms with Gasteiger partial charge in [0.15, 0.2) is 0 Å². The molecule has 1 aromatic carbocycles. The van der Waals surface area contributed by atoms with Crippen LogP contribution in [0.15, 0.2) is 24.4 Å². The zero-order valence-corrected chi connectivity index (χ0v) is 12.7. The molecule has 0 radical (unpaired) electrons. The molecule has 0 bridgehead atoms. The summed E-state index contributed by atoms with van der Waals surface area (Å²) in [6.45, 7) is 6.33. The minimum Gasteiger partial charge on any atom is -0.326 e. The molecule has 1 aromatic heterocycles. The van der Waals surface area contributed by atoms with Crippen molar-refractivity contribution in [1.82, 2.24) is 9.78 Å². The summed E-state index contributed by atoms with van der Waals surface area (Å²) in [5.41, 5.74) is 3.81. The van der Waals surface area contributed by atoms with Crippen LogP contribution in [-0.4, -0.2) is 15.7 Å². The van der Waals surface area contributed by atoms with Crippen LogP contribution < -0.4 is 5.32 Å². The number of rotatable bonds is 4. The lowest BCUT2D eigenvalue weighted by molar-refractivity contribution is -0.116. The average molecular weight is 292 g/mol. The lowest BCUT2D eigenvalue weighted by atomic mass is 10.1. The van der Waals surface area contributed by atoms with Crippen molar-refractivity contribution in [3.05, 3.63) is 46.2 Å². The molecule has 0 fully saturated rings. The molecule has 20 heavy (non-hydrogen) atoms. The first kappa shape index (κ1) is 14.6. The molecule has 106 valence electrons. The van der Waals surface area contributed by atoms with Gasteiger partial charge in [-0.15, -0.1) is 0 Å². The lowest BCUT2D eigenvalue weighted by Gasteiger charge is -2.11. The van der Waals surface area contributed by atoms with E-state index in [4.69, 9.17) is 11.6 Å². The molecular weight excluding hydrogens is 274 g/mol. The number of nitrogens with zero attached hydrogens (tertiary/aromatic N) is 2. The zero-order chi connectivity index (χ0) is 14.7. The van der Waals surface area contributed by atoms with E-state index in [1.165, 1.54) is 0 Å². The third-order valence-corrected chi connectivity index (χ3v) is 3.57. The van der Waals surface area contributed by atoms with E-state index in [1.807, 2.05) is 39.0 Å². The number of amides is 1. The van der Waals surface area contributed by atoms with Gasteiger partial charge < -0.3 is 5.32 Å². The van der Waals surface area contributed by atoms with E-state index in [9.17, 15) is 4.79 Å².